The number of phosphoric acid groups is 1. The third-order valence-corrected chi connectivity index (χ3v) is 23.8. The zero-order chi connectivity index (χ0) is 78.3. The van der Waals surface area contributed by atoms with Crippen LogP contribution in [0, 0.1) is 31.1 Å². The van der Waals surface area contributed by atoms with Gasteiger partial charge >= 0.3 is 19.2 Å². The average molecular weight is 1590 g/mol. The number of fused-ring (bicyclic) bond motifs is 1. The number of aromatic amines is 2. The average Bonchev–Trinajstić information content (AvgIpc) is 1.46. The van der Waals surface area contributed by atoms with Gasteiger partial charge in [0.05, 0.1) is 76.2 Å². The molecule has 28 nitrogen and oxygen atoms in total. The van der Waals surface area contributed by atoms with E-state index in [9.17, 15) is 29.2 Å². The Morgan fingerprint density at radius 1 is 0.703 bits per heavy atom. The number of methoxy groups -OCH3 is 2. The molecule has 3 N–H and O–H groups in total. The number of nitriles is 1. The van der Waals surface area contributed by atoms with E-state index in [-0.39, 0.29) is 84.2 Å². The van der Waals surface area contributed by atoms with Gasteiger partial charge in [0.1, 0.15) is 60.1 Å². The number of hydrogen-bond acceptors (Lipinski definition) is 22. The number of H-pyrrole nitrogens is 2. The van der Waals surface area contributed by atoms with Gasteiger partial charge in [0.15, 0.2) is 17.0 Å². The number of ether oxygens (including phenoxy) is 6. The van der Waals surface area contributed by atoms with Crippen LogP contribution in [0.5, 0.6) is 17.2 Å². The van der Waals surface area contributed by atoms with Crippen molar-refractivity contribution in [1.29, 1.82) is 5.26 Å². The largest absolute Gasteiger partial charge is 0.530 e. The van der Waals surface area contributed by atoms with Crippen LogP contribution in [0.3, 0.4) is 0 Å². The van der Waals surface area contributed by atoms with Crippen molar-refractivity contribution in [1.82, 2.24) is 43.3 Å². The van der Waals surface area contributed by atoms with E-state index >= 15 is 4.57 Å². The maximum Gasteiger partial charge on any atom is 0.530 e. The maximum absolute atomic E-state index is 16.8. The van der Waals surface area contributed by atoms with Gasteiger partial charge in [0.2, 0.25) is 0 Å². The quantitative estimate of drug-likeness (QED) is 0.0206. The SMILES string of the molecule is COc1ccc(C(OC[C@@H]2O[C@@H](n3cnc4c(NC(=O)c5ccccc5)ncnc43)C[C@H]2C(c2cccc(Cl)c2)[C@H]2O[C@@H](n3cc(C)c(=O)[nH]c3=O)C[C@@H]2OP(=O)(OC[C@H]2O[C@@H](n3cc(C)c(=O)[nH]c3=O)C[C@@H]2OP(OCCC#N)N(C(C)C)C(C)C)Oc2ccccc2Cl)(c2ccccc2)c2ccc(OC)cc2)cc1. The standard InChI is InChI=1S/C79H83Cl2N11O17P2/c1-47(2)92(48(3)4)110(102-36-18-35-82)107-62-39-67(89-41-49(5)74(93)87-77(89)96)105-65(62)44-103-111(98,108-61-26-16-15-25-60(61)81)109-63-40-68(90-42-50(6)75(94)88-78(90)97)106-71(63)69(52-21-17-24-56(80)37-52)59-38-66(91-46-85-70-72(83-45-84-73(70)91)86-76(95)51-19-11-9-12-20-51)104-64(59)43-101-79(53-22-13-10-14-23-53,54-27-31-57(99-7)32-28-54)55-29-33-58(100-8)34-30-55/h9-17,19-34,37,41-42,45-48,59,62-69,71H,18,36,38-40,43-44H2,1-8H3,(H,87,93,96)(H,88,94,97)(H,83,84,86,95)/t59-,62+,63+,64+,65-,66-,67-,68-,69?,71+,110?,111?/m1/s1. The molecule has 3 aliphatic heterocycles. The highest BCUT2D eigenvalue weighted by Crippen LogP contribution is 2.59. The number of aryl methyl sites for hydroxylation is 2. The summed E-state index contributed by atoms with van der Waals surface area (Å²) in [5.74, 6) is -1.04. The summed E-state index contributed by atoms with van der Waals surface area (Å²) in [5.41, 5.74) is -0.264. The highest BCUT2D eigenvalue weighted by atomic mass is 35.5. The van der Waals surface area contributed by atoms with Crippen LogP contribution in [0.25, 0.3) is 11.2 Å². The molecule has 580 valence electrons. The minimum atomic E-state index is -5.24. The summed E-state index contributed by atoms with van der Waals surface area (Å²) in [5, 5.41) is 12.9. The normalized spacial score (nSPS) is 21.0. The molecular weight excluding hydrogens is 1510 g/mol. The molecule has 0 spiro atoms. The van der Waals surface area contributed by atoms with Crippen LogP contribution in [-0.4, -0.2) is 126 Å². The van der Waals surface area contributed by atoms with Crippen molar-refractivity contribution in [2.75, 3.05) is 39.4 Å². The Labute approximate surface area is 650 Å². The Kier molecular flexibility index (Phi) is 25.1. The van der Waals surface area contributed by atoms with Gasteiger partial charge in [-0.15, -0.1) is 0 Å². The molecule has 4 aromatic heterocycles. The molecule has 32 heteroatoms. The van der Waals surface area contributed by atoms with Crippen molar-refractivity contribution >= 4 is 62.4 Å². The molecule has 0 radical (unpaired) electrons. The Hall–Kier alpha value is -9.53. The van der Waals surface area contributed by atoms with Gasteiger partial charge in [-0.25, -0.2) is 33.8 Å². The number of aromatic nitrogens is 8. The predicted octanol–water partition coefficient (Wildman–Crippen LogP) is 13.6. The van der Waals surface area contributed by atoms with E-state index in [4.69, 9.17) is 84.2 Å². The summed E-state index contributed by atoms with van der Waals surface area (Å²) in [7, 11) is -4.07. The second kappa shape index (κ2) is 35.0. The third kappa shape index (κ3) is 17.6. The van der Waals surface area contributed by atoms with Crippen LogP contribution in [0.4, 0.5) is 5.82 Å². The number of para-hydroxylation sites is 1. The second-order valence-corrected chi connectivity index (χ2v) is 31.3. The fraction of sp³-hybridized carbons (Fsp3) is 0.354. The highest BCUT2D eigenvalue weighted by molar-refractivity contribution is 7.49. The summed E-state index contributed by atoms with van der Waals surface area (Å²) in [4.78, 5) is 86.8. The molecule has 3 aliphatic rings. The molecule has 0 bridgehead atoms. The van der Waals surface area contributed by atoms with Crippen LogP contribution >= 0.6 is 39.6 Å². The molecular formula is C79H83Cl2N11O17P2. The molecule has 13 rings (SSSR count). The van der Waals surface area contributed by atoms with Gasteiger partial charge in [-0.1, -0.05) is 120 Å². The van der Waals surface area contributed by atoms with E-state index in [1.54, 1.807) is 92.7 Å². The molecule has 10 aromatic rings. The Morgan fingerprint density at radius 2 is 1.29 bits per heavy atom. The lowest BCUT2D eigenvalue weighted by Gasteiger charge is -2.39. The fourth-order valence-corrected chi connectivity index (χ4v) is 18.1. The van der Waals surface area contributed by atoms with Crippen LogP contribution in [0.15, 0.2) is 202 Å². The zero-order valence-corrected chi connectivity index (χ0v) is 65.2. The lowest BCUT2D eigenvalue weighted by Crippen LogP contribution is -2.41. The first-order valence-electron chi connectivity index (χ1n) is 36.1. The zero-order valence-electron chi connectivity index (χ0n) is 61.9. The van der Waals surface area contributed by atoms with E-state index in [1.807, 2.05) is 117 Å². The first-order valence-corrected chi connectivity index (χ1v) is 39.4. The van der Waals surface area contributed by atoms with Gasteiger partial charge in [-0.05, 0) is 131 Å². The Bertz CT molecular complexity index is 5210. The number of rotatable bonds is 31. The number of hydrogen-bond donors (Lipinski definition) is 3. The van der Waals surface area contributed by atoms with Crippen molar-refractivity contribution in [3.05, 3.63) is 273 Å². The van der Waals surface area contributed by atoms with Crippen LogP contribution < -0.4 is 41.8 Å². The van der Waals surface area contributed by atoms with Crippen LogP contribution in [0.1, 0.15) is 122 Å². The molecule has 0 saturated carbocycles. The number of carbonyl (C=O) groups is 1. The van der Waals surface area contributed by atoms with E-state index in [1.165, 1.54) is 46.9 Å². The van der Waals surface area contributed by atoms with Gasteiger partial charge in [-0.2, -0.15) is 5.26 Å². The smallest absolute Gasteiger partial charge is 0.497 e. The van der Waals surface area contributed by atoms with Crippen molar-refractivity contribution in [2.24, 2.45) is 5.92 Å². The predicted molar refractivity (Wildman–Crippen MR) is 414 cm³/mol. The molecule has 111 heavy (non-hydrogen) atoms. The lowest BCUT2D eigenvalue weighted by molar-refractivity contribution is -0.0954. The summed E-state index contributed by atoms with van der Waals surface area (Å²) in [6.07, 6.45) is -3.93. The molecule has 3 unspecified atom stereocenters. The maximum atomic E-state index is 16.8. The number of halogens is 2. The molecule has 3 fully saturated rings. The lowest BCUT2D eigenvalue weighted by atomic mass is 9.76. The highest BCUT2D eigenvalue weighted by Gasteiger charge is 2.55. The summed E-state index contributed by atoms with van der Waals surface area (Å²) in [6.45, 7) is 10.1. The summed E-state index contributed by atoms with van der Waals surface area (Å²) in [6, 6.07) is 48.7. The van der Waals surface area contributed by atoms with Crippen molar-refractivity contribution < 1.29 is 60.4 Å². The van der Waals surface area contributed by atoms with Gasteiger partial charge in [-0.3, -0.25) is 47.1 Å². The van der Waals surface area contributed by atoms with Crippen molar-refractivity contribution in [2.45, 2.75) is 140 Å². The number of anilines is 1. The van der Waals surface area contributed by atoms with Gasteiger partial charge in [0.25, 0.3) is 25.6 Å². The van der Waals surface area contributed by atoms with E-state index < -0.39 is 118 Å². The minimum Gasteiger partial charge on any atom is -0.497 e. The number of benzene rings is 6. The van der Waals surface area contributed by atoms with Crippen LogP contribution in [0.2, 0.25) is 10.0 Å². The van der Waals surface area contributed by atoms with E-state index in [0.717, 1.165) is 5.56 Å². The number of nitrogens with zero attached hydrogens (tertiary/aromatic N) is 8. The Morgan fingerprint density at radius 3 is 1.90 bits per heavy atom. The van der Waals surface area contributed by atoms with E-state index in [0.29, 0.717) is 44.4 Å². The number of phosphoric ester groups is 1. The summed E-state index contributed by atoms with van der Waals surface area (Å²) >= 11 is 14.1. The van der Waals surface area contributed by atoms with Gasteiger partial charge in [0, 0.05) is 70.9 Å². The monoisotopic (exact) mass is 1590 g/mol. The first-order chi connectivity index (χ1) is 53.5. The fourth-order valence-electron chi connectivity index (χ4n) is 14.5. The second-order valence-electron chi connectivity index (χ2n) is 27.5. The number of carbonyl (C=O) groups excluding carboxylic acids is 1. The first kappa shape index (κ1) is 79.6. The Balaban J connectivity index is 0.955. The van der Waals surface area contributed by atoms with Crippen LogP contribution in [-0.2, 0) is 47.2 Å². The van der Waals surface area contributed by atoms with Gasteiger partial charge < -0.3 is 47.3 Å². The summed E-state index contributed by atoms with van der Waals surface area (Å²) < 4.78 is 97.4. The number of imidazole rings is 1. The van der Waals surface area contributed by atoms with E-state index in [2.05, 4.69) is 26.3 Å². The minimum absolute atomic E-state index is 0.00607. The third-order valence-electron chi connectivity index (χ3n) is 19.7. The molecule has 1 amide bonds. The molecule has 12 atom stereocenters. The van der Waals surface area contributed by atoms with Crippen molar-refractivity contribution in [3.63, 3.8) is 0 Å². The number of nitrogens with one attached hydrogen (secondary N) is 3. The topological polar surface area (TPSA) is 328 Å². The molecule has 7 heterocycles. The van der Waals surface area contributed by atoms with Crippen molar-refractivity contribution in [3.8, 4) is 23.3 Å². The molecule has 0 aliphatic carbocycles. The molecule has 3 saturated heterocycles. The number of amides is 1. The molecule has 6 aromatic carbocycles.